The van der Waals surface area contributed by atoms with Crippen molar-refractivity contribution in [2.45, 2.75) is 95.8 Å². The van der Waals surface area contributed by atoms with Crippen LogP contribution in [-0.4, -0.2) is 69.3 Å². The molecule has 1 atom stereocenters. The number of para-hydroxylation sites is 1. The number of rotatable bonds is 3. The molecule has 4 heterocycles. The average molecular weight is 551 g/mol. The lowest BCUT2D eigenvalue weighted by molar-refractivity contribution is -0.0101. The molecule has 6 rings (SSSR count). The molecule has 3 aliphatic heterocycles. The van der Waals surface area contributed by atoms with Crippen molar-refractivity contribution in [3.63, 3.8) is 0 Å². The van der Waals surface area contributed by atoms with Crippen molar-refractivity contribution in [3.8, 4) is 17.0 Å². The molecule has 2 amide bonds. The summed E-state index contributed by atoms with van der Waals surface area (Å²) in [4.78, 5) is 38.2. The second-order valence-electron chi connectivity index (χ2n) is 13.6. The second-order valence-corrected chi connectivity index (χ2v) is 13.6. The van der Waals surface area contributed by atoms with Gasteiger partial charge in [-0.3, -0.25) is 0 Å². The Labute approximate surface area is 236 Å². The van der Waals surface area contributed by atoms with Crippen molar-refractivity contribution in [1.29, 1.82) is 0 Å². The van der Waals surface area contributed by atoms with E-state index in [1.54, 1.807) is 0 Å². The van der Waals surface area contributed by atoms with E-state index in [9.17, 15) is 9.59 Å². The zero-order valence-electron chi connectivity index (χ0n) is 24.4. The van der Waals surface area contributed by atoms with E-state index in [0.29, 0.717) is 45.0 Å². The molecule has 40 heavy (non-hydrogen) atoms. The number of carbonyl (C=O) groups excluding carboxylic acids is 2. The van der Waals surface area contributed by atoms with Crippen LogP contribution >= 0.6 is 0 Å². The molecule has 2 aromatic rings. The zero-order valence-corrected chi connectivity index (χ0v) is 24.4. The Morgan fingerprint density at radius 2 is 1.80 bits per heavy atom. The summed E-state index contributed by atoms with van der Waals surface area (Å²) in [5.74, 6) is 2.48. The Hall–Kier alpha value is -3.23. The van der Waals surface area contributed by atoms with Gasteiger partial charge in [0.1, 0.15) is 17.2 Å². The smallest absolute Gasteiger partial charge is 0.410 e. The topological polar surface area (TPSA) is 97.0 Å². The number of nitrogens with zero attached hydrogens (tertiary/aromatic N) is 3. The molecule has 4 aliphatic rings. The molecule has 1 aromatic carbocycles. The highest BCUT2D eigenvalue weighted by molar-refractivity contribution is 5.73. The molecular formula is C31H42N4O5. The summed E-state index contributed by atoms with van der Waals surface area (Å²) in [6.07, 6.45) is 4.73. The summed E-state index contributed by atoms with van der Waals surface area (Å²) < 4.78 is 18.0. The third-order valence-corrected chi connectivity index (χ3v) is 8.77. The number of benzene rings is 1. The summed E-state index contributed by atoms with van der Waals surface area (Å²) in [6, 6.07) is 8.07. The molecule has 1 spiro atoms. The molecule has 9 nitrogen and oxygen atoms in total. The Balaban J connectivity index is 1.23. The molecule has 1 N–H and O–H groups in total. The summed E-state index contributed by atoms with van der Waals surface area (Å²) in [7, 11) is 0. The Morgan fingerprint density at radius 1 is 1.07 bits per heavy atom. The molecule has 1 aliphatic carbocycles. The summed E-state index contributed by atoms with van der Waals surface area (Å²) >= 11 is 0. The van der Waals surface area contributed by atoms with E-state index in [1.165, 1.54) is 0 Å². The van der Waals surface area contributed by atoms with E-state index in [1.807, 2.05) is 48.8 Å². The normalized spacial score (nSPS) is 23.2. The molecular weight excluding hydrogens is 508 g/mol. The fourth-order valence-electron chi connectivity index (χ4n) is 6.38. The summed E-state index contributed by atoms with van der Waals surface area (Å²) in [5.41, 5.74) is 1.44. The van der Waals surface area contributed by atoms with Crippen LogP contribution in [0.1, 0.15) is 90.6 Å². The van der Waals surface area contributed by atoms with Crippen LogP contribution in [0.15, 0.2) is 24.3 Å². The number of aromatic nitrogens is 2. The Morgan fingerprint density at radius 3 is 2.48 bits per heavy atom. The quantitative estimate of drug-likeness (QED) is 0.489. The van der Waals surface area contributed by atoms with Gasteiger partial charge in [-0.05, 0) is 78.4 Å². The van der Waals surface area contributed by atoms with Gasteiger partial charge in [0.15, 0.2) is 5.60 Å². The van der Waals surface area contributed by atoms with Gasteiger partial charge >= 0.3 is 12.2 Å². The highest BCUT2D eigenvalue weighted by atomic mass is 16.6. The number of hydrogen-bond acceptors (Lipinski definition) is 6. The third kappa shape index (κ3) is 5.15. The number of aromatic amines is 1. The standard InChI is InChI=1S/C31H42N4O5/c1-29(2,3)40-28(37)35-15-12-21(18-30(35,4)5)26-32-24-22-8-6-7-9-23(22)39-31(25(24)33-26)13-16-34(17-14-31)27(36)38-19-20-10-11-20/h6-9,20-21H,10-19H2,1-5H3,(H,32,33). The van der Waals surface area contributed by atoms with E-state index in [2.05, 4.69) is 24.9 Å². The number of nitrogens with one attached hydrogen (secondary N) is 1. The first-order chi connectivity index (χ1) is 18.9. The molecule has 1 saturated carbocycles. The lowest BCUT2D eigenvalue weighted by Crippen LogP contribution is -2.53. The molecule has 216 valence electrons. The highest BCUT2D eigenvalue weighted by Crippen LogP contribution is 2.50. The second kappa shape index (κ2) is 9.70. The number of amides is 2. The summed E-state index contributed by atoms with van der Waals surface area (Å²) in [5, 5.41) is 0. The fraction of sp³-hybridized carbons (Fsp3) is 0.645. The molecule has 1 aromatic heterocycles. The number of fused-ring (bicyclic) bond motifs is 4. The predicted molar refractivity (Wildman–Crippen MR) is 150 cm³/mol. The van der Waals surface area contributed by atoms with Crippen LogP contribution in [0.2, 0.25) is 0 Å². The number of ether oxygens (including phenoxy) is 3. The van der Waals surface area contributed by atoms with Crippen LogP contribution in [0.4, 0.5) is 9.59 Å². The minimum absolute atomic E-state index is 0.168. The Bertz CT molecular complexity index is 1280. The maximum absolute atomic E-state index is 12.9. The van der Waals surface area contributed by atoms with Crippen molar-refractivity contribution in [2.75, 3.05) is 26.2 Å². The van der Waals surface area contributed by atoms with Gasteiger partial charge in [0.05, 0.1) is 18.0 Å². The fourth-order valence-corrected chi connectivity index (χ4v) is 6.38. The van der Waals surface area contributed by atoms with Gasteiger partial charge in [-0.15, -0.1) is 0 Å². The molecule has 3 fully saturated rings. The van der Waals surface area contributed by atoms with Gasteiger partial charge in [0.25, 0.3) is 0 Å². The van der Waals surface area contributed by atoms with Crippen LogP contribution in [0.3, 0.4) is 0 Å². The van der Waals surface area contributed by atoms with E-state index in [-0.39, 0.29) is 23.6 Å². The third-order valence-electron chi connectivity index (χ3n) is 8.77. The lowest BCUT2D eigenvalue weighted by Gasteiger charge is -2.45. The molecule has 1 unspecified atom stereocenters. The van der Waals surface area contributed by atoms with Crippen LogP contribution in [0.25, 0.3) is 11.3 Å². The Kier molecular flexibility index (Phi) is 6.54. The van der Waals surface area contributed by atoms with E-state index in [0.717, 1.165) is 54.2 Å². The maximum atomic E-state index is 12.9. The van der Waals surface area contributed by atoms with Crippen LogP contribution in [-0.2, 0) is 15.1 Å². The average Bonchev–Trinajstić information content (AvgIpc) is 3.61. The molecule has 0 bridgehead atoms. The van der Waals surface area contributed by atoms with Crippen molar-refractivity contribution < 1.29 is 23.8 Å². The molecule has 2 saturated heterocycles. The SMILES string of the molecule is CC(C)(C)OC(=O)N1CCC(c2nc3c([nH]2)C2(CCN(C(=O)OCC4CC4)CC2)Oc2ccccc2-3)CC1(C)C. The number of carbonyl (C=O) groups is 2. The first-order valence-electron chi connectivity index (χ1n) is 14.8. The van der Waals surface area contributed by atoms with Crippen LogP contribution in [0.5, 0.6) is 5.75 Å². The van der Waals surface area contributed by atoms with Gasteiger partial charge in [-0.25, -0.2) is 14.6 Å². The van der Waals surface area contributed by atoms with Crippen molar-refractivity contribution in [2.24, 2.45) is 5.92 Å². The van der Waals surface area contributed by atoms with Crippen molar-refractivity contribution in [3.05, 3.63) is 35.8 Å². The van der Waals surface area contributed by atoms with E-state index >= 15 is 0 Å². The van der Waals surface area contributed by atoms with Crippen LogP contribution < -0.4 is 4.74 Å². The van der Waals surface area contributed by atoms with Gasteiger partial charge in [0, 0.05) is 49.5 Å². The number of piperidine rings is 2. The van der Waals surface area contributed by atoms with Gasteiger partial charge in [0.2, 0.25) is 0 Å². The maximum Gasteiger partial charge on any atom is 0.410 e. The zero-order chi connectivity index (χ0) is 28.3. The van der Waals surface area contributed by atoms with Crippen molar-refractivity contribution in [1.82, 2.24) is 19.8 Å². The number of hydrogen-bond donors (Lipinski definition) is 1. The minimum Gasteiger partial charge on any atom is -0.480 e. The van der Waals surface area contributed by atoms with Gasteiger partial charge < -0.3 is 29.0 Å². The van der Waals surface area contributed by atoms with Crippen LogP contribution in [0, 0.1) is 5.92 Å². The first kappa shape index (κ1) is 27.0. The number of likely N-dealkylation sites (tertiary alicyclic amines) is 2. The highest BCUT2D eigenvalue weighted by Gasteiger charge is 2.48. The van der Waals surface area contributed by atoms with E-state index in [4.69, 9.17) is 19.2 Å². The van der Waals surface area contributed by atoms with E-state index < -0.39 is 11.2 Å². The van der Waals surface area contributed by atoms with Gasteiger partial charge in [-0.1, -0.05) is 12.1 Å². The monoisotopic (exact) mass is 550 g/mol. The predicted octanol–water partition coefficient (Wildman–Crippen LogP) is 6.20. The molecule has 0 radical (unpaired) electrons. The number of imidazole rings is 1. The van der Waals surface area contributed by atoms with Crippen molar-refractivity contribution >= 4 is 12.2 Å². The molecule has 9 heteroatoms. The summed E-state index contributed by atoms with van der Waals surface area (Å²) in [6.45, 7) is 12.2. The first-order valence-corrected chi connectivity index (χ1v) is 14.8. The number of H-pyrrole nitrogens is 1. The van der Waals surface area contributed by atoms with Gasteiger partial charge in [-0.2, -0.15) is 0 Å². The minimum atomic E-state index is -0.574. The largest absolute Gasteiger partial charge is 0.480 e. The lowest BCUT2D eigenvalue weighted by atomic mass is 9.82.